The Balaban J connectivity index is 2.28. The van der Waals surface area contributed by atoms with Gasteiger partial charge in [-0.05, 0) is 52.2 Å². The Morgan fingerprint density at radius 1 is 1.05 bits per heavy atom. The van der Waals surface area contributed by atoms with Crippen molar-refractivity contribution in [3.05, 3.63) is 63.7 Å². The molecule has 0 aliphatic carbocycles. The fraction of sp³-hybridized carbons (Fsp3) is 0.333. The van der Waals surface area contributed by atoms with Crippen molar-refractivity contribution in [1.29, 1.82) is 0 Å². The third-order valence-corrected chi connectivity index (χ3v) is 7.97. The van der Waals surface area contributed by atoms with Crippen molar-refractivity contribution in [2.75, 3.05) is 0 Å². The first-order chi connectivity index (χ1) is 17.9. The van der Waals surface area contributed by atoms with E-state index in [9.17, 15) is 44.7 Å². The molecule has 212 valence electrons. The lowest BCUT2D eigenvalue weighted by molar-refractivity contribution is -0.305. The molecule has 0 unspecified atom stereocenters. The normalized spacial score (nSPS) is 14.1. The quantitative estimate of drug-likeness (QED) is 0.174. The number of ether oxygens (including phenoxy) is 1. The summed E-state index contributed by atoms with van der Waals surface area (Å²) in [5, 5.41) is 10.8. The average Bonchev–Trinajstić information content (AvgIpc) is 3.21. The van der Waals surface area contributed by atoms with Crippen molar-refractivity contribution >= 4 is 32.2 Å². The number of rotatable bonds is 10. The topological polar surface area (TPSA) is 153 Å². The summed E-state index contributed by atoms with van der Waals surface area (Å²) >= 11 is 0. The molecule has 1 aliphatic rings. The Morgan fingerprint density at radius 3 is 2.23 bits per heavy atom. The molecule has 0 saturated carbocycles. The molecule has 2 aromatic rings. The van der Waals surface area contributed by atoms with Gasteiger partial charge in [-0.2, -0.15) is 30.0 Å². The fourth-order valence-electron chi connectivity index (χ4n) is 3.64. The molecule has 0 spiro atoms. The average molecular weight is 592 g/mol. The molecule has 0 amide bonds. The second kappa shape index (κ2) is 10.9. The molecular weight excluding hydrogens is 569 g/mol. The second-order valence-corrected chi connectivity index (χ2v) is 11.7. The molecule has 0 N–H and O–H groups in total. The molecule has 10 nitrogen and oxygen atoms in total. The van der Waals surface area contributed by atoms with Crippen LogP contribution in [0.5, 0.6) is 11.5 Å². The zero-order valence-electron chi connectivity index (χ0n) is 20.7. The Labute approximate surface area is 222 Å². The number of aliphatic carboxylic acids is 1. The number of carbonyl (C=O) groups excluding carboxylic acids is 2. The number of hydrogen-bond donors (Lipinski definition) is 0. The minimum absolute atomic E-state index is 0.0385. The largest absolute Gasteiger partial charge is 0.550 e. The van der Waals surface area contributed by atoms with Crippen LogP contribution in [0.3, 0.4) is 0 Å². The van der Waals surface area contributed by atoms with Gasteiger partial charge in [-0.15, -0.1) is 0 Å². The predicted molar refractivity (Wildman–Crippen MR) is 127 cm³/mol. The van der Waals surface area contributed by atoms with Gasteiger partial charge in [0.25, 0.3) is 0 Å². The smallest absolute Gasteiger partial charge is 0.534 e. The Morgan fingerprint density at radius 2 is 1.67 bits per heavy atom. The van der Waals surface area contributed by atoms with Crippen molar-refractivity contribution < 1.29 is 57.8 Å². The van der Waals surface area contributed by atoms with Gasteiger partial charge in [-0.1, -0.05) is 29.3 Å². The molecule has 0 aromatic heterocycles. The summed E-state index contributed by atoms with van der Waals surface area (Å²) in [5.41, 5.74) is -6.02. The number of benzene rings is 2. The van der Waals surface area contributed by atoms with Crippen LogP contribution in [0.15, 0.2) is 40.8 Å². The number of carboxylic acid groups (broad SMARTS) is 1. The number of alkyl halides is 3. The van der Waals surface area contributed by atoms with Gasteiger partial charge < -0.3 is 23.0 Å². The fourth-order valence-corrected chi connectivity index (χ4v) is 5.14. The highest BCUT2D eigenvalue weighted by atomic mass is 32.2. The van der Waals surface area contributed by atoms with Gasteiger partial charge in [0.2, 0.25) is 0 Å². The lowest BCUT2D eigenvalue weighted by Gasteiger charge is -2.20. The molecule has 2 aromatic carbocycles. The van der Waals surface area contributed by atoms with E-state index in [0.29, 0.717) is 11.1 Å². The molecule has 0 fully saturated rings. The van der Waals surface area contributed by atoms with E-state index in [2.05, 4.69) is 4.18 Å². The summed E-state index contributed by atoms with van der Waals surface area (Å²) in [6, 6.07) is 5.32. The molecule has 15 heteroatoms. The summed E-state index contributed by atoms with van der Waals surface area (Å²) in [4.78, 5) is 23.0. The summed E-state index contributed by atoms with van der Waals surface area (Å²) in [6.07, 6.45) is 0.378. The van der Waals surface area contributed by atoms with Crippen LogP contribution < -0.4 is 13.5 Å². The van der Waals surface area contributed by atoms with Crippen LogP contribution in [-0.2, 0) is 42.8 Å². The van der Waals surface area contributed by atoms with Gasteiger partial charge in [0.15, 0.2) is 11.5 Å². The number of cyclic esters (lactones) is 1. The van der Waals surface area contributed by atoms with E-state index in [1.165, 1.54) is 44.2 Å². The third kappa shape index (κ3) is 6.53. The standard InChI is InChI=1S/C24H23F3O10S2/c1-13-4-8-16(9-5-13)38(31,32)36-22-17(10-6-14(2)7-11-19(28)29)21(37-39(33,34)24(25,26)27)15(3)18-12-35-23(30)20(18)22/h4-6,8-9H,7,10-12H2,1-3H3,(H,28,29)/p-1. The Hall–Kier alpha value is -3.59. The molecule has 3 rings (SSSR count). The zero-order chi connectivity index (χ0) is 29.3. The number of halogens is 3. The van der Waals surface area contributed by atoms with Gasteiger partial charge >= 0.3 is 31.7 Å². The van der Waals surface area contributed by atoms with Crippen LogP contribution in [0.2, 0.25) is 0 Å². The van der Waals surface area contributed by atoms with Crippen molar-refractivity contribution in [3.8, 4) is 11.5 Å². The van der Waals surface area contributed by atoms with E-state index in [1.54, 1.807) is 6.92 Å². The summed E-state index contributed by atoms with van der Waals surface area (Å²) in [6.45, 7) is 3.84. The van der Waals surface area contributed by atoms with E-state index in [-0.39, 0.29) is 22.4 Å². The van der Waals surface area contributed by atoms with E-state index >= 15 is 0 Å². The molecular formula is C24H22F3O10S2-. The number of fused-ring (bicyclic) bond motifs is 1. The van der Waals surface area contributed by atoms with Crippen LogP contribution in [0.25, 0.3) is 0 Å². The van der Waals surface area contributed by atoms with Crippen molar-refractivity contribution in [2.24, 2.45) is 0 Å². The summed E-state index contributed by atoms with van der Waals surface area (Å²) in [7, 11) is -10.9. The number of allylic oxidation sites excluding steroid dienone is 2. The first-order valence-corrected chi connectivity index (χ1v) is 14.0. The molecule has 1 heterocycles. The molecule has 0 bridgehead atoms. The Kier molecular flexibility index (Phi) is 8.36. The molecule has 0 radical (unpaired) electrons. The minimum Gasteiger partial charge on any atom is -0.550 e. The number of carbonyl (C=O) groups is 2. The number of aryl methyl sites for hydroxylation is 1. The zero-order valence-corrected chi connectivity index (χ0v) is 22.4. The summed E-state index contributed by atoms with van der Waals surface area (Å²) < 4.78 is 105. The van der Waals surface area contributed by atoms with Crippen LogP contribution in [0.4, 0.5) is 13.2 Å². The third-order valence-electron chi connectivity index (χ3n) is 5.78. The van der Waals surface area contributed by atoms with E-state index in [0.717, 1.165) is 0 Å². The van der Waals surface area contributed by atoms with Crippen LogP contribution in [0.1, 0.15) is 52.4 Å². The lowest BCUT2D eigenvalue weighted by atomic mass is 9.95. The lowest BCUT2D eigenvalue weighted by Crippen LogP contribution is -2.29. The highest BCUT2D eigenvalue weighted by Crippen LogP contribution is 2.45. The van der Waals surface area contributed by atoms with Gasteiger partial charge in [0.05, 0.1) is 0 Å². The number of esters is 1. The first kappa shape index (κ1) is 30.0. The van der Waals surface area contributed by atoms with E-state index < -0.39 is 79.8 Å². The molecule has 39 heavy (non-hydrogen) atoms. The van der Waals surface area contributed by atoms with E-state index in [1.807, 2.05) is 0 Å². The van der Waals surface area contributed by atoms with Crippen molar-refractivity contribution in [1.82, 2.24) is 0 Å². The second-order valence-electron chi connectivity index (χ2n) is 8.65. The minimum atomic E-state index is -6.24. The van der Waals surface area contributed by atoms with Crippen LogP contribution >= 0.6 is 0 Å². The molecule has 1 aliphatic heterocycles. The van der Waals surface area contributed by atoms with Gasteiger partial charge in [-0.25, -0.2) is 4.79 Å². The maximum absolute atomic E-state index is 13.2. The number of hydrogen-bond acceptors (Lipinski definition) is 10. The van der Waals surface area contributed by atoms with Gasteiger partial charge in [-0.3, -0.25) is 0 Å². The first-order valence-electron chi connectivity index (χ1n) is 11.2. The maximum Gasteiger partial charge on any atom is 0.534 e. The molecule has 0 atom stereocenters. The highest BCUT2D eigenvalue weighted by molar-refractivity contribution is 7.88. The monoisotopic (exact) mass is 591 g/mol. The SMILES string of the molecule is CC(=CCc1c(OS(=O)(=O)C(F)(F)F)c(C)c2c(c1OS(=O)(=O)c1ccc(C)cc1)C(=O)OC2)CCC(=O)[O-]. The van der Waals surface area contributed by atoms with Crippen LogP contribution in [0, 0.1) is 13.8 Å². The van der Waals surface area contributed by atoms with Gasteiger partial charge in [0.1, 0.15) is 17.1 Å². The summed E-state index contributed by atoms with van der Waals surface area (Å²) in [5.74, 6) is -4.09. The van der Waals surface area contributed by atoms with Crippen molar-refractivity contribution in [2.45, 2.75) is 57.0 Å². The maximum atomic E-state index is 13.2. The van der Waals surface area contributed by atoms with Gasteiger partial charge in [0, 0.05) is 22.7 Å². The molecule has 0 saturated heterocycles. The van der Waals surface area contributed by atoms with E-state index in [4.69, 9.17) is 8.92 Å². The Bertz CT molecular complexity index is 1560. The van der Waals surface area contributed by atoms with Crippen molar-refractivity contribution in [3.63, 3.8) is 0 Å². The predicted octanol–water partition coefficient (Wildman–Crippen LogP) is 2.99. The highest BCUT2D eigenvalue weighted by Gasteiger charge is 2.49. The van der Waals surface area contributed by atoms with Crippen LogP contribution in [-0.4, -0.2) is 34.3 Å². The number of carboxylic acids is 1.